The normalized spacial score (nSPS) is 13.3. The van der Waals surface area contributed by atoms with Crippen LogP contribution >= 0.6 is 0 Å². The van der Waals surface area contributed by atoms with Gasteiger partial charge in [0.1, 0.15) is 6.61 Å². The van der Waals surface area contributed by atoms with Crippen LogP contribution in [0.2, 0.25) is 0 Å². The van der Waals surface area contributed by atoms with Crippen molar-refractivity contribution in [1.29, 1.82) is 0 Å². The van der Waals surface area contributed by atoms with E-state index in [9.17, 15) is 14.7 Å². The zero-order valence-corrected chi connectivity index (χ0v) is 18.1. The molecule has 4 aromatic carbocycles. The van der Waals surface area contributed by atoms with Gasteiger partial charge < -0.3 is 9.84 Å². The van der Waals surface area contributed by atoms with Crippen LogP contribution in [0.1, 0.15) is 29.0 Å². The van der Waals surface area contributed by atoms with Gasteiger partial charge in [-0.2, -0.15) is 0 Å². The number of aliphatic carboxylic acids is 1. The number of hydrogen-bond donors (Lipinski definition) is 1. The predicted octanol–water partition coefficient (Wildman–Crippen LogP) is 5.83. The summed E-state index contributed by atoms with van der Waals surface area (Å²) < 4.78 is 5.63. The lowest BCUT2D eigenvalue weighted by molar-refractivity contribution is -0.151. The number of hydrogen-bond acceptors (Lipinski definition) is 3. The number of fused-ring (bicyclic) bond motifs is 4. The third kappa shape index (κ3) is 4.24. The van der Waals surface area contributed by atoms with Gasteiger partial charge in [0.2, 0.25) is 0 Å². The molecule has 0 saturated carbocycles. The summed E-state index contributed by atoms with van der Waals surface area (Å²) in [6.07, 6.45) is 0.128. The Morgan fingerprint density at radius 3 is 2.06 bits per heavy atom. The minimum Gasteiger partial charge on any atom is -0.481 e. The Kier molecular flexibility index (Phi) is 5.66. The SMILES string of the molecule is O=C(C[C@H](Cc1ccc2ccccc2c1)C(=O)O)OCC1c2ccccc2-c2ccccc21. The lowest BCUT2D eigenvalue weighted by Gasteiger charge is -2.16. The van der Waals surface area contributed by atoms with E-state index in [1.807, 2.05) is 66.7 Å². The molecule has 0 unspecified atom stereocenters. The Balaban J connectivity index is 1.27. The molecule has 0 aliphatic heterocycles. The van der Waals surface area contributed by atoms with Crippen LogP contribution in [0.25, 0.3) is 21.9 Å². The molecule has 5 rings (SSSR count). The Labute approximate surface area is 192 Å². The number of carbonyl (C=O) groups is 2. The summed E-state index contributed by atoms with van der Waals surface area (Å²) >= 11 is 0. The molecule has 1 N–H and O–H groups in total. The highest BCUT2D eigenvalue weighted by Gasteiger charge is 2.30. The van der Waals surface area contributed by atoms with Crippen LogP contribution in [0, 0.1) is 5.92 Å². The predicted molar refractivity (Wildman–Crippen MR) is 128 cm³/mol. The second-order valence-corrected chi connectivity index (χ2v) is 8.54. The maximum absolute atomic E-state index is 12.7. The first-order valence-corrected chi connectivity index (χ1v) is 11.1. The molecule has 33 heavy (non-hydrogen) atoms. The topological polar surface area (TPSA) is 63.6 Å². The van der Waals surface area contributed by atoms with Crippen molar-refractivity contribution < 1.29 is 19.4 Å². The number of esters is 1. The molecule has 4 aromatic rings. The number of ether oxygens (including phenoxy) is 1. The largest absolute Gasteiger partial charge is 0.481 e. The molecule has 1 aliphatic rings. The molecule has 0 radical (unpaired) electrons. The van der Waals surface area contributed by atoms with Crippen LogP contribution in [-0.2, 0) is 20.7 Å². The van der Waals surface area contributed by atoms with Crippen molar-refractivity contribution in [3.05, 3.63) is 108 Å². The van der Waals surface area contributed by atoms with Gasteiger partial charge in [0.15, 0.2) is 0 Å². The van der Waals surface area contributed by atoms with Crippen LogP contribution in [-0.4, -0.2) is 23.7 Å². The number of carboxylic acids is 1. The van der Waals surface area contributed by atoms with Crippen LogP contribution < -0.4 is 0 Å². The molecule has 0 amide bonds. The maximum atomic E-state index is 12.7. The highest BCUT2D eigenvalue weighted by atomic mass is 16.5. The zero-order valence-electron chi connectivity index (χ0n) is 18.1. The molecule has 0 heterocycles. The summed E-state index contributed by atoms with van der Waals surface area (Å²) in [6, 6.07) is 30.1. The summed E-state index contributed by atoms with van der Waals surface area (Å²) in [5.74, 6) is -2.34. The van der Waals surface area contributed by atoms with E-state index in [2.05, 4.69) is 24.3 Å². The third-order valence-corrected chi connectivity index (χ3v) is 6.43. The summed E-state index contributed by atoms with van der Waals surface area (Å²) in [7, 11) is 0. The van der Waals surface area contributed by atoms with Crippen molar-refractivity contribution in [2.45, 2.75) is 18.8 Å². The highest BCUT2D eigenvalue weighted by Crippen LogP contribution is 2.44. The number of carboxylic acid groups (broad SMARTS) is 1. The van der Waals surface area contributed by atoms with Crippen LogP contribution in [0.5, 0.6) is 0 Å². The van der Waals surface area contributed by atoms with Crippen molar-refractivity contribution in [1.82, 2.24) is 0 Å². The van der Waals surface area contributed by atoms with Crippen molar-refractivity contribution in [2.75, 3.05) is 6.61 Å². The molecule has 164 valence electrons. The van der Waals surface area contributed by atoms with Gasteiger partial charge in [0, 0.05) is 5.92 Å². The first-order valence-electron chi connectivity index (χ1n) is 11.1. The van der Waals surface area contributed by atoms with Crippen molar-refractivity contribution >= 4 is 22.7 Å². The molecule has 0 spiro atoms. The van der Waals surface area contributed by atoms with Gasteiger partial charge in [-0.05, 0) is 45.0 Å². The average molecular weight is 437 g/mol. The first kappa shape index (κ1) is 21.0. The van der Waals surface area contributed by atoms with E-state index < -0.39 is 17.9 Å². The van der Waals surface area contributed by atoms with Crippen molar-refractivity contribution in [3.8, 4) is 11.1 Å². The van der Waals surface area contributed by atoms with E-state index in [0.29, 0.717) is 0 Å². The maximum Gasteiger partial charge on any atom is 0.307 e. The van der Waals surface area contributed by atoms with E-state index in [4.69, 9.17) is 4.74 Å². The Hall–Kier alpha value is -3.92. The molecular formula is C29H24O4. The monoisotopic (exact) mass is 436 g/mol. The fraction of sp³-hybridized carbons (Fsp3) is 0.172. The van der Waals surface area contributed by atoms with E-state index in [0.717, 1.165) is 38.6 Å². The van der Waals surface area contributed by atoms with E-state index in [-0.39, 0.29) is 25.4 Å². The van der Waals surface area contributed by atoms with Crippen LogP contribution in [0.3, 0.4) is 0 Å². The Bertz CT molecular complexity index is 1290. The molecule has 0 saturated heterocycles. The fourth-order valence-corrected chi connectivity index (χ4v) is 4.77. The smallest absolute Gasteiger partial charge is 0.307 e. The quantitative estimate of drug-likeness (QED) is 0.370. The molecule has 0 fully saturated rings. The fourth-order valence-electron chi connectivity index (χ4n) is 4.77. The molecule has 4 nitrogen and oxygen atoms in total. The summed E-state index contributed by atoms with van der Waals surface area (Å²) in [6.45, 7) is 0.204. The minimum absolute atomic E-state index is 0.0369. The van der Waals surface area contributed by atoms with Gasteiger partial charge in [-0.15, -0.1) is 0 Å². The van der Waals surface area contributed by atoms with Crippen LogP contribution in [0.4, 0.5) is 0 Å². The second-order valence-electron chi connectivity index (χ2n) is 8.54. The lowest BCUT2D eigenvalue weighted by Crippen LogP contribution is -2.22. The van der Waals surface area contributed by atoms with Gasteiger partial charge >= 0.3 is 11.9 Å². The van der Waals surface area contributed by atoms with Gasteiger partial charge in [-0.1, -0.05) is 91.0 Å². The van der Waals surface area contributed by atoms with Gasteiger partial charge in [0.25, 0.3) is 0 Å². The average Bonchev–Trinajstić information content (AvgIpc) is 3.16. The lowest BCUT2D eigenvalue weighted by atomic mass is 9.94. The summed E-state index contributed by atoms with van der Waals surface area (Å²) in [5.41, 5.74) is 5.49. The first-order chi connectivity index (χ1) is 16.1. The molecule has 0 bridgehead atoms. The van der Waals surface area contributed by atoms with Gasteiger partial charge in [-0.3, -0.25) is 9.59 Å². The third-order valence-electron chi connectivity index (χ3n) is 6.43. The molecule has 1 atom stereocenters. The van der Waals surface area contributed by atoms with Gasteiger partial charge in [-0.25, -0.2) is 0 Å². The molecule has 1 aliphatic carbocycles. The summed E-state index contributed by atoms with van der Waals surface area (Å²) in [4.78, 5) is 24.5. The number of rotatable bonds is 7. The van der Waals surface area contributed by atoms with Crippen molar-refractivity contribution in [3.63, 3.8) is 0 Å². The minimum atomic E-state index is -0.989. The van der Waals surface area contributed by atoms with E-state index in [1.54, 1.807) is 0 Å². The number of carbonyl (C=O) groups excluding carboxylic acids is 1. The summed E-state index contributed by atoms with van der Waals surface area (Å²) in [5, 5.41) is 11.9. The van der Waals surface area contributed by atoms with Gasteiger partial charge in [0.05, 0.1) is 12.3 Å². The number of benzene rings is 4. The molecule has 4 heteroatoms. The Morgan fingerprint density at radius 1 is 0.788 bits per heavy atom. The van der Waals surface area contributed by atoms with E-state index in [1.165, 1.54) is 0 Å². The molecule has 0 aromatic heterocycles. The Morgan fingerprint density at radius 2 is 1.39 bits per heavy atom. The molecular weight excluding hydrogens is 412 g/mol. The van der Waals surface area contributed by atoms with Crippen molar-refractivity contribution in [2.24, 2.45) is 5.92 Å². The van der Waals surface area contributed by atoms with E-state index >= 15 is 0 Å². The van der Waals surface area contributed by atoms with Crippen LogP contribution in [0.15, 0.2) is 91.0 Å². The second kappa shape index (κ2) is 8.91. The standard InChI is InChI=1S/C29H24O4/c30-28(17-22(29(31)32)16-19-13-14-20-7-1-2-8-21(20)15-19)33-18-27-25-11-5-3-9-23(25)24-10-4-6-12-26(24)27/h1-15,22,27H,16-18H2,(H,31,32)/t22-/m0/s1. The highest BCUT2D eigenvalue weighted by molar-refractivity contribution is 5.84. The zero-order chi connectivity index (χ0) is 22.8.